The fourth-order valence-electron chi connectivity index (χ4n) is 2.24. The molecule has 0 atom stereocenters. The average molecular weight is 236 g/mol. The first-order valence-electron chi connectivity index (χ1n) is 5.18. The standard InChI is InChI=1S/C11H16N4O2/c1-7-6-8(2)11(15(5)13-17)9(3)10(7)14(4)12-16/h6H,1-5H3. The van der Waals surface area contributed by atoms with Crippen LogP contribution >= 0.6 is 0 Å². The van der Waals surface area contributed by atoms with Crippen molar-refractivity contribution in [3.63, 3.8) is 0 Å². The van der Waals surface area contributed by atoms with E-state index >= 15 is 0 Å². The molecule has 1 aromatic rings. The van der Waals surface area contributed by atoms with E-state index in [-0.39, 0.29) is 0 Å². The maximum Gasteiger partial charge on any atom is 0.0702 e. The van der Waals surface area contributed by atoms with Crippen molar-refractivity contribution in [1.29, 1.82) is 0 Å². The van der Waals surface area contributed by atoms with Crippen LogP contribution < -0.4 is 10.0 Å². The maximum atomic E-state index is 10.6. The lowest BCUT2D eigenvalue weighted by Crippen LogP contribution is -2.16. The monoisotopic (exact) mass is 236 g/mol. The summed E-state index contributed by atoms with van der Waals surface area (Å²) >= 11 is 0. The van der Waals surface area contributed by atoms with Gasteiger partial charge >= 0.3 is 0 Å². The van der Waals surface area contributed by atoms with Crippen LogP contribution in [0, 0.1) is 30.6 Å². The molecule has 6 nitrogen and oxygen atoms in total. The summed E-state index contributed by atoms with van der Waals surface area (Å²) in [7, 11) is 3.16. The third kappa shape index (κ3) is 2.25. The second kappa shape index (κ2) is 4.90. The van der Waals surface area contributed by atoms with Crippen LogP contribution in [0.4, 0.5) is 11.4 Å². The highest BCUT2D eigenvalue weighted by Crippen LogP contribution is 2.35. The summed E-state index contributed by atoms with van der Waals surface area (Å²) in [6, 6.07) is 1.90. The average Bonchev–Trinajstić information content (AvgIpc) is 2.27. The third-order valence-corrected chi connectivity index (χ3v) is 2.78. The van der Waals surface area contributed by atoms with Crippen LogP contribution in [-0.2, 0) is 0 Å². The number of nitrogens with zero attached hydrogens (tertiary/aromatic N) is 4. The molecule has 0 spiro atoms. The van der Waals surface area contributed by atoms with Crippen molar-refractivity contribution in [1.82, 2.24) is 0 Å². The molecule has 0 fully saturated rings. The molecule has 92 valence electrons. The smallest absolute Gasteiger partial charge is 0.0702 e. The van der Waals surface area contributed by atoms with Gasteiger partial charge in [-0.1, -0.05) is 6.07 Å². The number of nitroso groups, excluding NO2 is 2. The lowest BCUT2D eigenvalue weighted by atomic mass is 10.0. The normalized spacial score (nSPS) is 9.94. The van der Waals surface area contributed by atoms with Crippen molar-refractivity contribution in [2.45, 2.75) is 20.8 Å². The van der Waals surface area contributed by atoms with E-state index in [0.717, 1.165) is 16.7 Å². The van der Waals surface area contributed by atoms with E-state index in [2.05, 4.69) is 10.6 Å². The van der Waals surface area contributed by atoms with Gasteiger partial charge in [-0.3, -0.25) is 0 Å². The zero-order valence-electron chi connectivity index (χ0n) is 10.7. The molecule has 17 heavy (non-hydrogen) atoms. The third-order valence-electron chi connectivity index (χ3n) is 2.78. The Labute approximate surface area is 100 Å². The Morgan fingerprint density at radius 3 is 1.53 bits per heavy atom. The summed E-state index contributed by atoms with van der Waals surface area (Å²) in [5.41, 5.74) is 4.09. The Morgan fingerprint density at radius 1 is 0.882 bits per heavy atom. The summed E-state index contributed by atoms with van der Waals surface area (Å²) in [4.78, 5) is 21.2. The molecule has 0 heterocycles. The second-order valence-electron chi connectivity index (χ2n) is 4.04. The number of rotatable bonds is 4. The van der Waals surface area contributed by atoms with Crippen LogP contribution in [-0.4, -0.2) is 14.1 Å². The van der Waals surface area contributed by atoms with Gasteiger partial charge in [0, 0.05) is 19.7 Å². The molecule has 0 radical (unpaired) electrons. The molecule has 0 bridgehead atoms. The number of hydrogen-bond acceptors (Lipinski definition) is 4. The van der Waals surface area contributed by atoms with Crippen molar-refractivity contribution in [3.8, 4) is 0 Å². The SMILES string of the molecule is Cc1cc(C)c(N(C)N=O)c(C)c1N(C)N=O. The van der Waals surface area contributed by atoms with Crippen molar-refractivity contribution >= 4 is 11.4 Å². The highest BCUT2D eigenvalue weighted by atomic mass is 16.3. The maximum absolute atomic E-state index is 10.6. The highest BCUT2D eigenvalue weighted by Gasteiger charge is 2.17. The van der Waals surface area contributed by atoms with Crippen molar-refractivity contribution < 1.29 is 0 Å². The van der Waals surface area contributed by atoms with E-state index in [0.29, 0.717) is 11.4 Å². The first kappa shape index (κ1) is 13.1. The van der Waals surface area contributed by atoms with Gasteiger partial charge in [-0.2, -0.15) is 0 Å². The second-order valence-corrected chi connectivity index (χ2v) is 4.04. The van der Waals surface area contributed by atoms with Crippen LogP contribution in [0.1, 0.15) is 16.7 Å². The van der Waals surface area contributed by atoms with E-state index in [4.69, 9.17) is 0 Å². The summed E-state index contributed by atoms with van der Waals surface area (Å²) < 4.78 is 0. The van der Waals surface area contributed by atoms with Gasteiger partial charge in [0.2, 0.25) is 0 Å². The molecule has 0 unspecified atom stereocenters. The quantitative estimate of drug-likeness (QED) is 0.595. The largest absolute Gasteiger partial charge is 0.232 e. The van der Waals surface area contributed by atoms with Gasteiger partial charge in [0.1, 0.15) is 0 Å². The van der Waals surface area contributed by atoms with Crippen LogP contribution in [0.2, 0.25) is 0 Å². The summed E-state index contributed by atoms with van der Waals surface area (Å²) in [6.45, 7) is 5.64. The van der Waals surface area contributed by atoms with E-state index in [9.17, 15) is 9.81 Å². The minimum Gasteiger partial charge on any atom is -0.232 e. The summed E-state index contributed by atoms with van der Waals surface area (Å²) in [5, 5.41) is 8.30. The van der Waals surface area contributed by atoms with Gasteiger partial charge in [0.25, 0.3) is 0 Å². The van der Waals surface area contributed by atoms with Crippen LogP contribution in [0.5, 0.6) is 0 Å². The topological polar surface area (TPSA) is 65.3 Å². The number of hydrogen-bond donors (Lipinski definition) is 0. The predicted octanol–water partition coefficient (Wildman–Crippen LogP) is 2.85. The molecule has 0 aliphatic carbocycles. The summed E-state index contributed by atoms with van der Waals surface area (Å²) in [5.74, 6) is 0. The van der Waals surface area contributed by atoms with Crippen LogP contribution in [0.3, 0.4) is 0 Å². The van der Waals surface area contributed by atoms with Crippen molar-refractivity contribution in [3.05, 3.63) is 32.6 Å². The van der Waals surface area contributed by atoms with Crippen LogP contribution in [0.15, 0.2) is 16.6 Å². The molecule has 0 saturated heterocycles. The molecule has 0 N–H and O–H groups in total. The van der Waals surface area contributed by atoms with Crippen molar-refractivity contribution in [2.75, 3.05) is 24.1 Å². The molecular formula is C11H16N4O2. The molecule has 0 aliphatic rings. The predicted molar refractivity (Wildman–Crippen MR) is 69.0 cm³/mol. The molecule has 0 aliphatic heterocycles. The van der Waals surface area contributed by atoms with Gasteiger partial charge in [0.05, 0.1) is 21.9 Å². The fourth-order valence-corrected chi connectivity index (χ4v) is 2.24. The zero-order valence-corrected chi connectivity index (χ0v) is 10.7. The summed E-state index contributed by atoms with van der Waals surface area (Å²) in [6.07, 6.45) is 0. The Bertz CT molecular complexity index is 421. The lowest BCUT2D eigenvalue weighted by molar-refractivity contribution is 0.954. The van der Waals surface area contributed by atoms with Gasteiger partial charge in [-0.15, -0.1) is 9.81 Å². The Hall–Kier alpha value is -1.98. The molecule has 0 amide bonds. The lowest BCUT2D eigenvalue weighted by Gasteiger charge is -2.22. The zero-order chi connectivity index (χ0) is 13.2. The fraction of sp³-hybridized carbons (Fsp3) is 0.455. The van der Waals surface area contributed by atoms with E-state index < -0.39 is 0 Å². The highest BCUT2D eigenvalue weighted by molar-refractivity contribution is 5.72. The Kier molecular flexibility index (Phi) is 3.77. The van der Waals surface area contributed by atoms with Gasteiger partial charge in [-0.25, -0.2) is 10.0 Å². The minimum atomic E-state index is 0.705. The van der Waals surface area contributed by atoms with Gasteiger partial charge in [0.15, 0.2) is 0 Å². The molecule has 1 rings (SSSR count). The molecular weight excluding hydrogens is 220 g/mol. The van der Waals surface area contributed by atoms with E-state index in [1.165, 1.54) is 10.0 Å². The number of benzene rings is 1. The number of anilines is 2. The van der Waals surface area contributed by atoms with Crippen molar-refractivity contribution in [2.24, 2.45) is 10.6 Å². The van der Waals surface area contributed by atoms with Crippen LogP contribution in [0.25, 0.3) is 0 Å². The first-order chi connectivity index (χ1) is 7.93. The Morgan fingerprint density at radius 2 is 1.24 bits per heavy atom. The first-order valence-corrected chi connectivity index (χ1v) is 5.18. The van der Waals surface area contributed by atoms with E-state index in [1.807, 2.05) is 26.8 Å². The number of aryl methyl sites for hydroxylation is 2. The van der Waals surface area contributed by atoms with E-state index in [1.54, 1.807) is 14.1 Å². The molecule has 6 heteroatoms. The van der Waals surface area contributed by atoms with Gasteiger partial charge in [-0.05, 0) is 31.9 Å². The minimum absolute atomic E-state index is 0.705. The molecule has 1 aromatic carbocycles. The molecule has 0 saturated carbocycles. The molecule has 0 aromatic heterocycles. The Balaban J connectivity index is 3.53. The van der Waals surface area contributed by atoms with Gasteiger partial charge < -0.3 is 0 Å².